The highest BCUT2D eigenvalue weighted by Gasteiger charge is 2.27. The van der Waals surface area contributed by atoms with Gasteiger partial charge >= 0.3 is 0 Å². The minimum absolute atomic E-state index is 0.00930. The number of H-pyrrole nitrogens is 1. The van der Waals surface area contributed by atoms with Gasteiger partial charge in [0.25, 0.3) is 0 Å². The molecule has 0 atom stereocenters. The summed E-state index contributed by atoms with van der Waals surface area (Å²) in [7, 11) is -3.55. The number of amides is 1. The molecule has 1 N–H and O–H groups in total. The predicted molar refractivity (Wildman–Crippen MR) is 122 cm³/mol. The number of likely N-dealkylation sites (tertiary alicyclic amines) is 1. The van der Waals surface area contributed by atoms with Crippen LogP contribution in [-0.4, -0.2) is 48.0 Å². The Morgan fingerprint density at radius 3 is 2.48 bits per heavy atom. The lowest BCUT2D eigenvalue weighted by atomic mass is 9.96. The summed E-state index contributed by atoms with van der Waals surface area (Å²) in [5.74, 6) is 0.997. The van der Waals surface area contributed by atoms with Crippen molar-refractivity contribution in [3.63, 3.8) is 0 Å². The van der Waals surface area contributed by atoms with Crippen LogP contribution < -0.4 is 0 Å². The van der Waals surface area contributed by atoms with E-state index >= 15 is 0 Å². The van der Waals surface area contributed by atoms with E-state index in [2.05, 4.69) is 9.97 Å². The lowest BCUT2D eigenvalue weighted by molar-refractivity contribution is -0.131. The van der Waals surface area contributed by atoms with Crippen molar-refractivity contribution in [2.24, 2.45) is 0 Å². The molecule has 0 radical (unpaired) electrons. The number of aryl methyl sites for hydroxylation is 2. The molecule has 6 nitrogen and oxygen atoms in total. The second-order valence-corrected chi connectivity index (χ2v) is 10.8. The molecule has 2 heterocycles. The van der Waals surface area contributed by atoms with E-state index in [4.69, 9.17) is 11.6 Å². The van der Waals surface area contributed by atoms with E-state index in [0.29, 0.717) is 24.0 Å². The fourth-order valence-electron chi connectivity index (χ4n) is 4.06. The Kier molecular flexibility index (Phi) is 6.08. The number of sulfone groups is 1. The van der Waals surface area contributed by atoms with Gasteiger partial charge in [0.2, 0.25) is 5.91 Å². The molecular weight excluding hydrogens is 434 g/mol. The zero-order valence-electron chi connectivity index (χ0n) is 17.7. The highest BCUT2D eigenvalue weighted by atomic mass is 35.5. The Bertz CT molecular complexity index is 1210. The van der Waals surface area contributed by atoms with Crippen molar-refractivity contribution >= 4 is 38.1 Å². The monoisotopic (exact) mass is 459 g/mol. The number of hydrogen-bond donors (Lipinski definition) is 1. The first-order valence-corrected chi connectivity index (χ1v) is 12.5. The summed E-state index contributed by atoms with van der Waals surface area (Å²) in [6, 6.07) is 10.3. The Morgan fingerprint density at radius 2 is 1.81 bits per heavy atom. The molecule has 4 rings (SSSR count). The number of imidazole rings is 1. The number of carbonyl (C=O) groups is 1. The van der Waals surface area contributed by atoms with Gasteiger partial charge in [0.15, 0.2) is 9.84 Å². The van der Waals surface area contributed by atoms with Crippen LogP contribution in [0.15, 0.2) is 41.3 Å². The molecule has 1 aliphatic heterocycles. The van der Waals surface area contributed by atoms with Crippen LogP contribution in [0, 0.1) is 13.8 Å². The first kappa shape index (κ1) is 21.8. The number of hydrogen-bond acceptors (Lipinski definition) is 4. The molecule has 3 aromatic rings. The minimum Gasteiger partial charge on any atom is -0.346 e. The number of aromatic amines is 1. The van der Waals surface area contributed by atoms with Crippen LogP contribution in [0.5, 0.6) is 0 Å². The summed E-state index contributed by atoms with van der Waals surface area (Å²) in [5, 5.41) is 2.30. The summed E-state index contributed by atoms with van der Waals surface area (Å²) < 4.78 is 25.6. The third kappa shape index (κ3) is 4.77. The lowest BCUT2D eigenvalue weighted by Gasteiger charge is -2.31. The van der Waals surface area contributed by atoms with E-state index in [1.165, 1.54) is 0 Å². The van der Waals surface area contributed by atoms with Gasteiger partial charge in [-0.25, -0.2) is 13.4 Å². The highest BCUT2D eigenvalue weighted by molar-refractivity contribution is 7.91. The number of fused-ring (bicyclic) bond motifs is 1. The predicted octanol–water partition coefficient (Wildman–Crippen LogP) is 4.40. The van der Waals surface area contributed by atoms with Crippen molar-refractivity contribution in [2.45, 2.75) is 43.9 Å². The number of benzene rings is 2. The molecule has 0 unspecified atom stereocenters. The van der Waals surface area contributed by atoms with E-state index in [9.17, 15) is 13.2 Å². The Morgan fingerprint density at radius 1 is 1.13 bits per heavy atom. The number of nitrogens with one attached hydrogen (secondary N) is 1. The number of rotatable bonds is 5. The van der Waals surface area contributed by atoms with Crippen molar-refractivity contribution in [2.75, 3.05) is 18.8 Å². The molecule has 1 aliphatic rings. The van der Waals surface area contributed by atoms with Gasteiger partial charge in [-0.3, -0.25) is 4.79 Å². The SMILES string of the molecule is Cc1nc(C2CCN(C(=O)CCS(=O)(=O)c3ccc4cc(Cl)ccc4c3)CC2)[nH]c1C. The van der Waals surface area contributed by atoms with Crippen LogP contribution in [-0.2, 0) is 14.6 Å². The molecular formula is C23H26ClN3O3S. The van der Waals surface area contributed by atoms with Crippen LogP contribution in [0.2, 0.25) is 5.02 Å². The second kappa shape index (κ2) is 8.63. The van der Waals surface area contributed by atoms with Crippen molar-refractivity contribution in [3.8, 4) is 0 Å². The van der Waals surface area contributed by atoms with E-state index < -0.39 is 9.84 Å². The van der Waals surface area contributed by atoms with Gasteiger partial charge < -0.3 is 9.88 Å². The van der Waals surface area contributed by atoms with E-state index in [1.54, 1.807) is 41.3 Å². The zero-order valence-corrected chi connectivity index (χ0v) is 19.3. The van der Waals surface area contributed by atoms with Crippen molar-refractivity contribution < 1.29 is 13.2 Å². The summed E-state index contributed by atoms with van der Waals surface area (Å²) in [5.41, 5.74) is 2.09. The van der Waals surface area contributed by atoms with Crippen LogP contribution in [0.25, 0.3) is 10.8 Å². The molecule has 164 valence electrons. The molecule has 1 fully saturated rings. The topological polar surface area (TPSA) is 83.1 Å². The Balaban J connectivity index is 1.35. The average Bonchev–Trinajstić information content (AvgIpc) is 3.10. The van der Waals surface area contributed by atoms with Crippen molar-refractivity contribution in [1.82, 2.24) is 14.9 Å². The van der Waals surface area contributed by atoms with Gasteiger partial charge in [0.05, 0.1) is 16.3 Å². The van der Waals surface area contributed by atoms with Crippen molar-refractivity contribution in [3.05, 3.63) is 58.6 Å². The van der Waals surface area contributed by atoms with Gasteiger partial charge in [-0.2, -0.15) is 0 Å². The quantitative estimate of drug-likeness (QED) is 0.612. The Hall–Kier alpha value is -2.38. The maximum absolute atomic E-state index is 12.8. The van der Waals surface area contributed by atoms with E-state index in [1.807, 2.05) is 13.8 Å². The molecule has 31 heavy (non-hydrogen) atoms. The van der Waals surface area contributed by atoms with Gasteiger partial charge in [0.1, 0.15) is 5.82 Å². The van der Waals surface area contributed by atoms with Crippen LogP contribution in [0.4, 0.5) is 0 Å². The van der Waals surface area contributed by atoms with Crippen LogP contribution >= 0.6 is 11.6 Å². The zero-order chi connectivity index (χ0) is 22.2. The maximum Gasteiger partial charge on any atom is 0.223 e. The third-order valence-corrected chi connectivity index (χ3v) is 8.05. The number of halogens is 1. The molecule has 0 aliphatic carbocycles. The third-order valence-electron chi connectivity index (χ3n) is 6.10. The number of aromatic nitrogens is 2. The molecule has 1 aromatic heterocycles. The van der Waals surface area contributed by atoms with Crippen LogP contribution in [0.3, 0.4) is 0 Å². The normalized spacial score (nSPS) is 15.5. The maximum atomic E-state index is 12.8. The van der Waals surface area contributed by atoms with E-state index in [-0.39, 0.29) is 23.0 Å². The summed E-state index contributed by atoms with van der Waals surface area (Å²) in [6.45, 7) is 5.24. The molecule has 2 aromatic carbocycles. The number of nitrogens with zero attached hydrogens (tertiary/aromatic N) is 2. The molecule has 8 heteroatoms. The summed E-state index contributed by atoms with van der Waals surface area (Å²) in [4.78, 5) is 22.6. The van der Waals surface area contributed by atoms with Crippen LogP contribution in [0.1, 0.15) is 42.4 Å². The standard InChI is InChI=1S/C23H26ClN3O3S/c1-15-16(2)26-23(25-15)17-7-10-27(11-8-17)22(28)9-12-31(29,30)21-6-4-18-13-20(24)5-3-19(18)14-21/h3-6,13-14,17H,7-12H2,1-2H3,(H,25,26). The second-order valence-electron chi connectivity index (χ2n) is 8.21. The van der Waals surface area contributed by atoms with Crippen molar-refractivity contribution in [1.29, 1.82) is 0 Å². The molecule has 0 spiro atoms. The van der Waals surface area contributed by atoms with Gasteiger partial charge in [-0.1, -0.05) is 23.7 Å². The number of carbonyl (C=O) groups excluding carboxylic acids is 1. The van der Waals surface area contributed by atoms with Gasteiger partial charge in [-0.05, 0) is 61.7 Å². The number of piperidine rings is 1. The molecule has 0 bridgehead atoms. The summed E-state index contributed by atoms with van der Waals surface area (Å²) in [6.07, 6.45) is 1.65. The summed E-state index contributed by atoms with van der Waals surface area (Å²) >= 11 is 5.99. The minimum atomic E-state index is -3.55. The van der Waals surface area contributed by atoms with Gasteiger partial charge in [-0.15, -0.1) is 0 Å². The lowest BCUT2D eigenvalue weighted by Crippen LogP contribution is -2.38. The average molecular weight is 460 g/mol. The first-order valence-electron chi connectivity index (χ1n) is 10.5. The largest absolute Gasteiger partial charge is 0.346 e. The highest BCUT2D eigenvalue weighted by Crippen LogP contribution is 2.27. The molecule has 1 saturated heterocycles. The first-order chi connectivity index (χ1) is 14.7. The Labute approximate surface area is 187 Å². The van der Waals surface area contributed by atoms with Gasteiger partial charge in [0, 0.05) is 36.1 Å². The molecule has 1 amide bonds. The van der Waals surface area contributed by atoms with E-state index in [0.717, 1.165) is 40.8 Å². The smallest absolute Gasteiger partial charge is 0.223 e. The molecule has 0 saturated carbocycles. The fourth-order valence-corrected chi connectivity index (χ4v) is 5.50. The fraction of sp³-hybridized carbons (Fsp3) is 0.391.